The fraction of sp³-hybridized carbons (Fsp3) is 0.333. The smallest absolute Gasteiger partial charge is 0.154 e. The Bertz CT molecular complexity index is 600. The Morgan fingerprint density at radius 1 is 0.952 bits per heavy atom. The van der Waals surface area contributed by atoms with Gasteiger partial charge in [-0.15, -0.1) is 0 Å². The highest BCUT2D eigenvalue weighted by atomic mass is 79.9. The van der Waals surface area contributed by atoms with Crippen LogP contribution >= 0.6 is 15.9 Å². The Balaban J connectivity index is 2.45. The average Bonchev–Trinajstić information content (AvgIpc) is 2.53. The molecule has 3 heteroatoms. The first-order valence-corrected chi connectivity index (χ1v) is 7.89. The number of hydrogen-bond acceptors (Lipinski definition) is 2. The number of halogens is 1. The summed E-state index contributed by atoms with van der Waals surface area (Å²) in [6.45, 7) is 0. The number of rotatable bonds is 1. The third-order valence-corrected chi connectivity index (χ3v) is 4.44. The van der Waals surface area contributed by atoms with E-state index in [2.05, 4.69) is 46.3 Å². The highest BCUT2D eigenvalue weighted by Crippen LogP contribution is 2.42. The van der Waals surface area contributed by atoms with E-state index in [0.717, 1.165) is 29.3 Å². The largest absolute Gasteiger partial charge is 0.197 e. The van der Waals surface area contributed by atoms with Crippen molar-refractivity contribution in [2.24, 2.45) is 5.41 Å². The Kier molecular flexibility index (Phi) is 5.37. The van der Waals surface area contributed by atoms with E-state index in [0.29, 0.717) is 6.42 Å². The van der Waals surface area contributed by atoms with Crippen molar-refractivity contribution in [3.8, 4) is 12.1 Å². The Morgan fingerprint density at radius 3 is 2.19 bits per heavy atom. The van der Waals surface area contributed by atoms with Gasteiger partial charge in [0.25, 0.3) is 0 Å². The van der Waals surface area contributed by atoms with E-state index in [1.165, 1.54) is 0 Å². The lowest BCUT2D eigenvalue weighted by Crippen LogP contribution is -2.25. The van der Waals surface area contributed by atoms with Crippen LogP contribution in [0.4, 0.5) is 0 Å². The maximum atomic E-state index is 9.67. The van der Waals surface area contributed by atoms with Gasteiger partial charge >= 0.3 is 0 Å². The van der Waals surface area contributed by atoms with Gasteiger partial charge in [0.1, 0.15) is 0 Å². The molecule has 0 aliphatic heterocycles. The Labute approximate surface area is 134 Å². The van der Waals surface area contributed by atoms with Crippen LogP contribution in [0.3, 0.4) is 0 Å². The van der Waals surface area contributed by atoms with E-state index in [1.54, 1.807) is 0 Å². The highest BCUT2D eigenvalue weighted by molar-refractivity contribution is 9.10. The lowest BCUT2D eigenvalue weighted by molar-refractivity contribution is 0.414. The van der Waals surface area contributed by atoms with E-state index in [1.807, 2.05) is 30.3 Å². The SMILES string of the molecule is N#CC1(C#N)C/C=C/CC/C=C/CC1c1ccc(Br)cc1. The normalized spacial score (nSPS) is 24.2. The molecule has 0 saturated carbocycles. The second-order valence-corrected chi connectivity index (χ2v) is 6.17. The van der Waals surface area contributed by atoms with Crippen molar-refractivity contribution in [3.05, 3.63) is 58.6 Å². The summed E-state index contributed by atoms with van der Waals surface area (Å²) in [5, 5.41) is 19.3. The third kappa shape index (κ3) is 3.63. The topological polar surface area (TPSA) is 47.6 Å². The second-order valence-electron chi connectivity index (χ2n) is 5.26. The van der Waals surface area contributed by atoms with Crippen molar-refractivity contribution in [1.82, 2.24) is 0 Å². The van der Waals surface area contributed by atoms with Gasteiger partial charge in [0.15, 0.2) is 5.41 Å². The summed E-state index contributed by atoms with van der Waals surface area (Å²) in [6, 6.07) is 12.5. The molecule has 1 aliphatic rings. The summed E-state index contributed by atoms with van der Waals surface area (Å²) < 4.78 is 1.00. The molecule has 1 unspecified atom stereocenters. The minimum Gasteiger partial charge on any atom is -0.197 e. The van der Waals surface area contributed by atoms with Gasteiger partial charge in [-0.3, -0.25) is 0 Å². The molecule has 0 spiro atoms. The summed E-state index contributed by atoms with van der Waals surface area (Å²) in [4.78, 5) is 0. The molecular formula is C18H17BrN2. The molecule has 0 radical (unpaired) electrons. The van der Waals surface area contributed by atoms with Crippen LogP contribution in [0.25, 0.3) is 0 Å². The summed E-state index contributed by atoms with van der Waals surface area (Å²) in [6.07, 6.45) is 11.5. The van der Waals surface area contributed by atoms with Gasteiger partial charge in [-0.25, -0.2) is 0 Å². The first kappa shape index (κ1) is 15.5. The predicted octanol–water partition coefficient (Wildman–Crippen LogP) is 5.25. The lowest BCUT2D eigenvalue weighted by atomic mass is 9.70. The molecule has 1 aromatic rings. The summed E-state index contributed by atoms with van der Waals surface area (Å²) in [5.74, 6) is -0.111. The molecule has 0 fully saturated rings. The lowest BCUT2D eigenvalue weighted by Gasteiger charge is -2.28. The first-order chi connectivity index (χ1) is 10.2. The minimum atomic E-state index is -1.01. The number of hydrogen-bond donors (Lipinski definition) is 0. The van der Waals surface area contributed by atoms with Crippen LogP contribution in [0.15, 0.2) is 53.0 Å². The van der Waals surface area contributed by atoms with Gasteiger partial charge in [-0.05, 0) is 43.4 Å². The summed E-state index contributed by atoms with van der Waals surface area (Å²) in [5.41, 5.74) is 0.0337. The van der Waals surface area contributed by atoms with Crippen molar-refractivity contribution in [3.63, 3.8) is 0 Å². The fourth-order valence-electron chi connectivity index (χ4n) is 2.66. The van der Waals surface area contributed by atoms with E-state index in [4.69, 9.17) is 0 Å². The van der Waals surface area contributed by atoms with Crippen LogP contribution in [0, 0.1) is 28.1 Å². The predicted molar refractivity (Wildman–Crippen MR) is 87.3 cm³/mol. The van der Waals surface area contributed by atoms with Gasteiger partial charge in [-0.1, -0.05) is 52.4 Å². The highest BCUT2D eigenvalue weighted by Gasteiger charge is 2.39. The Morgan fingerprint density at radius 2 is 1.57 bits per heavy atom. The zero-order chi connectivity index (χ0) is 15.1. The molecule has 21 heavy (non-hydrogen) atoms. The van der Waals surface area contributed by atoms with Crippen LogP contribution < -0.4 is 0 Å². The van der Waals surface area contributed by atoms with Crippen molar-refractivity contribution < 1.29 is 0 Å². The standard InChI is InChI=1S/C18H17BrN2/c19-16-10-8-15(9-11-16)17-7-5-3-1-2-4-6-12-18(17,13-20)14-21/h3-6,8-11,17H,1-2,7,12H2/b5-3+,6-4+. The molecule has 1 aromatic carbocycles. The first-order valence-electron chi connectivity index (χ1n) is 7.10. The number of benzene rings is 1. The second kappa shape index (κ2) is 7.25. The molecule has 1 atom stereocenters. The molecular weight excluding hydrogens is 324 g/mol. The van der Waals surface area contributed by atoms with Crippen LogP contribution in [-0.2, 0) is 0 Å². The number of allylic oxidation sites excluding steroid dienone is 4. The summed E-state index contributed by atoms with van der Waals surface area (Å²) in [7, 11) is 0. The molecule has 0 bridgehead atoms. The van der Waals surface area contributed by atoms with Crippen LogP contribution in [0.1, 0.15) is 37.2 Å². The molecule has 0 saturated heterocycles. The van der Waals surface area contributed by atoms with Crippen molar-refractivity contribution >= 4 is 15.9 Å². The maximum Gasteiger partial charge on any atom is 0.154 e. The van der Waals surface area contributed by atoms with Gasteiger partial charge in [0.2, 0.25) is 0 Å². The molecule has 0 amide bonds. The van der Waals surface area contributed by atoms with E-state index in [9.17, 15) is 10.5 Å². The molecule has 1 aliphatic carbocycles. The average molecular weight is 341 g/mol. The van der Waals surface area contributed by atoms with Gasteiger partial charge < -0.3 is 0 Å². The third-order valence-electron chi connectivity index (χ3n) is 3.91. The van der Waals surface area contributed by atoms with Crippen molar-refractivity contribution in [2.45, 2.75) is 31.6 Å². The molecule has 0 heterocycles. The van der Waals surface area contributed by atoms with Crippen LogP contribution in [-0.4, -0.2) is 0 Å². The van der Waals surface area contributed by atoms with Crippen molar-refractivity contribution in [2.75, 3.05) is 0 Å². The monoisotopic (exact) mass is 340 g/mol. The van der Waals surface area contributed by atoms with E-state index < -0.39 is 5.41 Å². The zero-order valence-electron chi connectivity index (χ0n) is 11.8. The van der Waals surface area contributed by atoms with E-state index >= 15 is 0 Å². The van der Waals surface area contributed by atoms with Gasteiger partial charge in [-0.2, -0.15) is 10.5 Å². The zero-order valence-corrected chi connectivity index (χ0v) is 13.4. The number of nitriles is 2. The van der Waals surface area contributed by atoms with Gasteiger partial charge in [0, 0.05) is 10.4 Å². The molecule has 2 rings (SSSR count). The summed E-state index contributed by atoms with van der Waals surface area (Å²) >= 11 is 3.43. The number of nitrogens with zero attached hydrogens (tertiary/aromatic N) is 2. The molecule has 2 nitrogen and oxygen atoms in total. The van der Waals surface area contributed by atoms with Crippen molar-refractivity contribution in [1.29, 1.82) is 10.5 Å². The maximum absolute atomic E-state index is 9.67. The fourth-order valence-corrected chi connectivity index (χ4v) is 2.93. The van der Waals surface area contributed by atoms with Crippen LogP contribution in [0.2, 0.25) is 0 Å². The van der Waals surface area contributed by atoms with Gasteiger partial charge in [0.05, 0.1) is 12.1 Å². The quantitative estimate of drug-likeness (QED) is 0.655. The van der Waals surface area contributed by atoms with Crippen LogP contribution in [0.5, 0.6) is 0 Å². The van der Waals surface area contributed by atoms with E-state index in [-0.39, 0.29) is 5.92 Å². The molecule has 0 aromatic heterocycles. The Hall–Kier alpha value is -1.84. The molecule has 106 valence electrons. The molecule has 0 N–H and O–H groups in total. The minimum absolute atomic E-state index is 0.111.